The van der Waals surface area contributed by atoms with Gasteiger partial charge in [0.1, 0.15) is 0 Å². The predicted octanol–water partition coefficient (Wildman–Crippen LogP) is 3.53. The van der Waals surface area contributed by atoms with Gasteiger partial charge in [-0.05, 0) is 36.5 Å². The van der Waals surface area contributed by atoms with Crippen LogP contribution in [0.25, 0.3) is 0 Å². The van der Waals surface area contributed by atoms with Gasteiger partial charge in [-0.15, -0.1) is 0 Å². The van der Waals surface area contributed by atoms with E-state index in [0.29, 0.717) is 11.6 Å². The highest BCUT2D eigenvalue weighted by molar-refractivity contribution is 5.89. The third-order valence-electron chi connectivity index (χ3n) is 4.30. The second-order valence-electron chi connectivity index (χ2n) is 5.79. The molecule has 0 saturated heterocycles. The van der Waals surface area contributed by atoms with E-state index in [1.54, 1.807) is 0 Å². The van der Waals surface area contributed by atoms with Gasteiger partial charge in [-0.2, -0.15) is 0 Å². The zero-order valence-corrected chi connectivity index (χ0v) is 12.5. The molecule has 2 rings (SSSR count). The van der Waals surface area contributed by atoms with Gasteiger partial charge in [0.15, 0.2) is 0 Å². The monoisotopic (exact) mass is 275 g/mol. The van der Waals surface area contributed by atoms with Crippen LogP contribution in [0.5, 0.6) is 0 Å². The zero-order valence-electron chi connectivity index (χ0n) is 12.5. The number of rotatable bonds is 4. The summed E-state index contributed by atoms with van der Waals surface area (Å²) < 4.78 is 4.70. The van der Waals surface area contributed by atoms with Crippen LogP contribution in [-0.4, -0.2) is 19.1 Å². The molecule has 1 aliphatic carbocycles. The van der Waals surface area contributed by atoms with Crippen molar-refractivity contribution in [2.45, 2.75) is 51.6 Å². The molecule has 3 heteroatoms. The van der Waals surface area contributed by atoms with E-state index in [0.717, 1.165) is 12.5 Å². The van der Waals surface area contributed by atoms with Crippen LogP contribution >= 0.6 is 0 Å². The number of nitrogens with one attached hydrogen (secondary N) is 1. The van der Waals surface area contributed by atoms with Crippen molar-refractivity contribution in [1.82, 2.24) is 5.32 Å². The summed E-state index contributed by atoms with van der Waals surface area (Å²) in [5, 5.41) is 3.67. The molecule has 1 aliphatic rings. The summed E-state index contributed by atoms with van der Waals surface area (Å²) in [6.07, 6.45) is 6.69. The highest BCUT2D eigenvalue weighted by atomic mass is 16.5. The average Bonchev–Trinajstić information content (AvgIpc) is 2.69. The minimum absolute atomic E-state index is 0.276. The van der Waals surface area contributed by atoms with E-state index in [4.69, 9.17) is 4.74 Å². The fourth-order valence-electron chi connectivity index (χ4n) is 2.92. The van der Waals surface area contributed by atoms with Crippen molar-refractivity contribution in [3.63, 3.8) is 0 Å². The Balaban J connectivity index is 1.88. The lowest BCUT2D eigenvalue weighted by Gasteiger charge is -2.23. The standard InChI is InChI=1S/C17H25NO2/c1-13-6-4-3-5-7-16(13)18-12-14-8-10-15(11-9-14)17(19)20-2/h8-11,13,16,18H,3-7,12H2,1-2H3. The van der Waals surface area contributed by atoms with Gasteiger partial charge in [-0.25, -0.2) is 4.79 Å². The fraction of sp³-hybridized carbons (Fsp3) is 0.588. The molecule has 2 unspecified atom stereocenters. The average molecular weight is 275 g/mol. The molecule has 0 spiro atoms. The van der Waals surface area contributed by atoms with E-state index in [1.807, 2.05) is 24.3 Å². The molecule has 2 atom stereocenters. The topological polar surface area (TPSA) is 38.3 Å². The summed E-state index contributed by atoms with van der Waals surface area (Å²) in [4.78, 5) is 11.4. The Morgan fingerprint density at radius 2 is 1.90 bits per heavy atom. The number of hydrogen-bond donors (Lipinski definition) is 1. The molecular formula is C17H25NO2. The normalized spacial score (nSPS) is 23.1. The van der Waals surface area contributed by atoms with Crippen LogP contribution in [0, 0.1) is 5.92 Å². The van der Waals surface area contributed by atoms with Crippen LogP contribution in [-0.2, 0) is 11.3 Å². The third kappa shape index (κ3) is 4.07. The highest BCUT2D eigenvalue weighted by Crippen LogP contribution is 2.23. The lowest BCUT2D eigenvalue weighted by Crippen LogP contribution is -2.33. The van der Waals surface area contributed by atoms with E-state index < -0.39 is 0 Å². The van der Waals surface area contributed by atoms with Gasteiger partial charge in [0.25, 0.3) is 0 Å². The summed E-state index contributed by atoms with van der Waals surface area (Å²) in [7, 11) is 1.41. The Morgan fingerprint density at radius 1 is 1.20 bits per heavy atom. The summed E-state index contributed by atoms with van der Waals surface area (Å²) >= 11 is 0. The number of carbonyl (C=O) groups is 1. The van der Waals surface area contributed by atoms with Crippen molar-refractivity contribution < 1.29 is 9.53 Å². The largest absolute Gasteiger partial charge is 0.465 e. The van der Waals surface area contributed by atoms with Gasteiger partial charge in [0.2, 0.25) is 0 Å². The second-order valence-corrected chi connectivity index (χ2v) is 5.79. The summed E-state index contributed by atoms with van der Waals surface area (Å²) in [5.41, 5.74) is 1.83. The van der Waals surface area contributed by atoms with Crippen LogP contribution in [0.1, 0.15) is 54.9 Å². The van der Waals surface area contributed by atoms with Gasteiger partial charge < -0.3 is 10.1 Å². The first kappa shape index (κ1) is 15.0. The van der Waals surface area contributed by atoms with Crippen LogP contribution in [0.3, 0.4) is 0 Å². The fourth-order valence-corrected chi connectivity index (χ4v) is 2.92. The maximum Gasteiger partial charge on any atom is 0.337 e. The van der Waals surface area contributed by atoms with Crippen molar-refractivity contribution >= 4 is 5.97 Å². The quantitative estimate of drug-likeness (QED) is 0.675. The summed E-state index contributed by atoms with van der Waals surface area (Å²) in [6, 6.07) is 8.29. The van der Waals surface area contributed by atoms with Gasteiger partial charge in [-0.3, -0.25) is 0 Å². The van der Waals surface area contributed by atoms with Gasteiger partial charge in [-0.1, -0.05) is 38.3 Å². The maximum atomic E-state index is 11.4. The maximum absolute atomic E-state index is 11.4. The minimum atomic E-state index is -0.276. The molecule has 3 nitrogen and oxygen atoms in total. The molecule has 0 aromatic heterocycles. The summed E-state index contributed by atoms with van der Waals surface area (Å²) in [6.45, 7) is 3.22. The predicted molar refractivity (Wildman–Crippen MR) is 80.7 cm³/mol. The number of benzene rings is 1. The van der Waals surface area contributed by atoms with Crippen molar-refractivity contribution in [1.29, 1.82) is 0 Å². The Kier molecular flexibility index (Phi) is 5.60. The Morgan fingerprint density at radius 3 is 2.60 bits per heavy atom. The molecule has 1 fully saturated rings. The zero-order chi connectivity index (χ0) is 14.4. The molecule has 1 aromatic rings. The van der Waals surface area contributed by atoms with Crippen molar-refractivity contribution in [3.8, 4) is 0 Å². The Bertz CT molecular complexity index is 427. The first-order valence-electron chi connectivity index (χ1n) is 7.61. The Labute approximate surface area is 121 Å². The minimum Gasteiger partial charge on any atom is -0.465 e. The molecule has 110 valence electrons. The van der Waals surface area contributed by atoms with E-state index >= 15 is 0 Å². The second kappa shape index (κ2) is 7.44. The lowest BCUT2D eigenvalue weighted by atomic mass is 9.97. The third-order valence-corrected chi connectivity index (χ3v) is 4.30. The SMILES string of the molecule is COC(=O)c1ccc(CNC2CCCCCC2C)cc1. The smallest absolute Gasteiger partial charge is 0.337 e. The Hall–Kier alpha value is -1.35. The molecule has 0 amide bonds. The molecule has 1 N–H and O–H groups in total. The number of carbonyl (C=O) groups excluding carboxylic acids is 1. The first-order chi connectivity index (χ1) is 9.70. The van der Waals surface area contributed by atoms with Crippen molar-refractivity contribution in [2.75, 3.05) is 7.11 Å². The van der Waals surface area contributed by atoms with Gasteiger partial charge >= 0.3 is 5.97 Å². The van der Waals surface area contributed by atoms with Crippen LogP contribution in [0.2, 0.25) is 0 Å². The van der Waals surface area contributed by atoms with Gasteiger partial charge in [0.05, 0.1) is 12.7 Å². The molecule has 0 heterocycles. The number of hydrogen-bond acceptors (Lipinski definition) is 3. The molecule has 0 bridgehead atoms. The van der Waals surface area contributed by atoms with E-state index in [2.05, 4.69) is 12.2 Å². The molecule has 1 saturated carbocycles. The van der Waals surface area contributed by atoms with Crippen LogP contribution in [0.4, 0.5) is 0 Å². The molecular weight excluding hydrogens is 250 g/mol. The summed E-state index contributed by atoms with van der Waals surface area (Å²) in [5.74, 6) is 0.480. The van der Waals surface area contributed by atoms with Crippen LogP contribution < -0.4 is 5.32 Å². The number of esters is 1. The van der Waals surface area contributed by atoms with Crippen LogP contribution in [0.15, 0.2) is 24.3 Å². The molecule has 20 heavy (non-hydrogen) atoms. The van der Waals surface area contributed by atoms with Gasteiger partial charge in [0, 0.05) is 12.6 Å². The van der Waals surface area contributed by atoms with Crippen molar-refractivity contribution in [3.05, 3.63) is 35.4 Å². The molecule has 0 radical (unpaired) electrons. The number of ether oxygens (including phenoxy) is 1. The highest BCUT2D eigenvalue weighted by Gasteiger charge is 2.19. The van der Waals surface area contributed by atoms with Crippen molar-refractivity contribution in [2.24, 2.45) is 5.92 Å². The molecule has 1 aromatic carbocycles. The molecule has 0 aliphatic heterocycles. The van der Waals surface area contributed by atoms with E-state index in [-0.39, 0.29) is 5.97 Å². The first-order valence-corrected chi connectivity index (χ1v) is 7.61. The van der Waals surface area contributed by atoms with E-state index in [1.165, 1.54) is 44.8 Å². The lowest BCUT2D eigenvalue weighted by molar-refractivity contribution is 0.0600. The van der Waals surface area contributed by atoms with E-state index in [9.17, 15) is 4.79 Å². The number of methoxy groups -OCH3 is 1.